The average molecular weight is 380 g/mol. The second kappa shape index (κ2) is 11.2. The molecular formula is C20H32N2O5. The van der Waals surface area contributed by atoms with E-state index in [9.17, 15) is 14.7 Å². The van der Waals surface area contributed by atoms with Gasteiger partial charge in [-0.25, -0.2) is 0 Å². The van der Waals surface area contributed by atoms with Gasteiger partial charge in [-0.1, -0.05) is 13.8 Å². The van der Waals surface area contributed by atoms with Crippen LogP contribution in [0.4, 0.5) is 0 Å². The molecule has 0 aliphatic carbocycles. The highest BCUT2D eigenvalue weighted by Gasteiger charge is 2.31. The van der Waals surface area contributed by atoms with Crippen LogP contribution < -0.4 is 5.73 Å². The maximum atomic E-state index is 12.4. The second-order valence-corrected chi connectivity index (χ2v) is 6.88. The number of primary amides is 1. The van der Waals surface area contributed by atoms with E-state index in [4.69, 9.17) is 9.53 Å². The predicted octanol–water partition coefficient (Wildman–Crippen LogP) is 2.99. The van der Waals surface area contributed by atoms with E-state index >= 15 is 0 Å². The number of carbonyl (C=O) groups excluding carboxylic acids is 3. The van der Waals surface area contributed by atoms with E-state index < -0.39 is 5.60 Å². The van der Waals surface area contributed by atoms with Crippen LogP contribution in [0.25, 0.3) is 0 Å². The number of phenols is 1. The Morgan fingerprint density at radius 3 is 2.44 bits per heavy atom. The number of rotatable bonds is 4. The smallest absolute Gasteiger partial charge is 0.306 e. The average Bonchev–Trinajstić information content (AvgIpc) is 2.90. The van der Waals surface area contributed by atoms with E-state index in [2.05, 4.69) is 5.73 Å². The number of carbonyl (C=O) groups is 3. The molecule has 0 fully saturated rings. The first-order chi connectivity index (χ1) is 12.6. The van der Waals surface area contributed by atoms with Gasteiger partial charge in [0.25, 0.3) is 5.91 Å². The number of phenolic OH excluding ortho intramolecular Hbond substituents is 1. The molecule has 27 heavy (non-hydrogen) atoms. The molecule has 0 radical (unpaired) electrons. The summed E-state index contributed by atoms with van der Waals surface area (Å²) in [5.74, 6) is -0.136. The Labute approximate surface area is 161 Å². The van der Waals surface area contributed by atoms with Gasteiger partial charge >= 0.3 is 5.97 Å². The Morgan fingerprint density at radius 1 is 1.37 bits per heavy atom. The van der Waals surface area contributed by atoms with Crippen molar-refractivity contribution in [3.8, 4) is 5.75 Å². The monoisotopic (exact) mass is 380 g/mol. The molecule has 1 heterocycles. The van der Waals surface area contributed by atoms with Crippen molar-refractivity contribution in [2.24, 2.45) is 5.73 Å². The summed E-state index contributed by atoms with van der Waals surface area (Å²) in [6, 6.07) is 4.72. The number of aromatic hydroxyl groups is 1. The van der Waals surface area contributed by atoms with Crippen molar-refractivity contribution in [2.45, 2.75) is 72.6 Å². The molecule has 3 N–H and O–H groups in total. The first kappa shape index (κ1) is 24.4. The molecule has 0 saturated heterocycles. The maximum Gasteiger partial charge on any atom is 0.306 e. The van der Waals surface area contributed by atoms with Gasteiger partial charge in [-0.2, -0.15) is 0 Å². The first-order valence-electron chi connectivity index (χ1n) is 9.09. The second-order valence-electron chi connectivity index (χ2n) is 6.88. The van der Waals surface area contributed by atoms with Crippen LogP contribution in [-0.4, -0.2) is 39.9 Å². The highest BCUT2D eigenvalue weighted by atomic mass is 16.6. The van der Waals surface area contributed by atoms with Crippen molar-refractivity contribution in [2.75, 3.05) is 0 Å². The van der Waals surface area contributed by atoms with Crippen LogP contribution in [0.2, 0.25) is 0 Å². The SMILES string of the molecule is CC.CC(CCC(=O)OC(C)(C)C)N1Cc2cc(O)ccc2C1=O.NC=O. The molecule has 0 aromatic heterocycles. The first-order valence-corrected chi connectivity index (χ1v) is 9.09. The van der Waals surface area contributed by atoms with Crippen LogP contribution in [0.3, 0.4) is 0 Å². The fourth-order valence-corrected chi connectivity index (χ4v) is 2.56. The minimum absolute atomic E-state index is 0.0494. The van der Waals surface area contributed by atoms with Crippen LogP contribution in [0.5, 0.6) is 5.75 Å². The number of hydrogen-bond donors (Lipinski definition) is 2. The minimum atomic E-state index is -0.489. The Hall–Kier alpha value is -2.57. The number of esters is 1. The van der Waals surface area contributed by atoms with Gasteiger partial charge in [-0.15, -0.1) is 0 Å². The Bertz CT molecular complexity index is 638. The van der Waals surface area contributed by atoms with E-state index in [1.807, 2.05) is 41.5 Å². The molecule has 0 bridgehead atoms. The van der Waals surface area contributed by atoms with Gasteiger partial charge in [0.05, 0.1) is 0 Å². The van der Waals surface area contributed by atoms with Crippen molar-refractivity contribution in [1.29, 1.82) is 0 Å². The number of ether oxygens (including phenoxy) is 1. The third-order valence-electron chi connectivity index (χ3n) is 3.64. The van der Waals surface area contributed by atoms with Gasteiger partial charge < -0.3 is 20.5 Å². The van der Waals surface area contributed by atoms with Crippen LogP contribution in [0.1, 0.15) is 70.3 Å². The van der Waals surface area contributed by atoms with E-state index in [0.29, 0.717) is 18.5 Å². The van der Waals surface area contributed by atoms with Crippen LogP contribution in [0.15, 0.2) is 18.2 Å². The summed E-state index contributed by atoms with van der Waals surface area (Å²) in [5.41, 5.74) is 5.13. The van der Waals surface area contributed by atoms with E-state index in [-0.39, 0.29) is 36.5 Å². The lowest BCUT2D eigenvalue weighted by atomic mass is 10.1. The van der Waals surface area contributed by atoms with Gasteiger partial charge in [-0.3, -0.25) is 14.4 Å². The molecule has 1 atom stereocenters. The third-order valence-corrected chi connectivity index (χ3v) is 3.64. The van der Waals surface area contributed by atoms with Crippen molar-refractivity contribution < 1.29 is 24.2 Å². The molecule has 7 nitrogen and oxygen atoms in total. The standard InChI is InChI=1S/C17H23NO4.C2H6.CH3NO/c1-11(5-8-15(20)22-17(2,3)4)18-10-12-9-13(19)6-7-14(12)16(18)21;1-2;2-1-3/h6-7,9,11,19H,5,8,10H2,1-4H3;1-2H3;1H,(H2,2,3). The van der Waals surface area contributed by atoms with Gasteiger partial charge in [0, 0.05) is 24.6 Å². The van der Waals surface area contributed by atoms with Gasteiger partial charge in [-0.05, 0) is 57.9 Å². The summed E-state index contributed by atoms with van der Waals surface area (Å²) in [6.45, 7) is 11.9. The van der Waals surface area contributed by atoms with Crippen molar-refractivity contribution in [3.63, 3.8) is 0 Å². The zero-order chi connectivity index (χ0) is 21.2. The van der Waals surface area contributed by atoms with Crippen LogP contribution in [0, 0.1) is 0 Å². The molecular weight excluding hydrogens is 348 g/mol. The lowest BCUT2D eigenvalue weighted by Gasteiger charge is -2.25. The molecule has 2 amide bonds. The summed E-state index contributed by atoms with van der Waals surface area (Å²) in [7, 11) is 0. The van der Waals surface area contributed by atoms with Crippen molar-refractivity contribution in [3.05, 3.63) is 29.3 Å². The summed E-state index contributed by atoms with van der Waals surface area (Å²) >= 11 is 0. The molecule has 152 valence electrons. The summed E-state index contributed by atoms with van der Waals surface area (Å²) in [6.07, 6.45) is 1.09. The molecule has 1 unspecified atom stereocenters. The molecule has 1 aromatic rings. The van der Waals surface area contributed by atoms with Crippen molar-refractivity contribution >= 4 is 18.3 Å². The predicted molar refractivity (Wildman–Crippen MR) is 104 cm³/mol. The highest BCUT2D eigenvalue weighted by molar-refractivity contribution is 5.98. The fourth-order valence-electron chi connectivity index (χ4n) is 2.56. The largest absolute Gasteiger partial charge is 0.508 e. The molecule has 1 aliphatic heterocycles. The Morgan fingerprint density at radius 2 is 1.93 bits per heavy atom. The van der Waals surface area contributed by atoms with Gasteiger partial charge in [0.1, 0.15) is 11.4 Å². The van der Waals surface area contributed by atoms with Crippen molar-refractivity contribution in [1.82, 2.24) is 4.90 Å². The number of nitrogens with two attached hydrogens (primary N) is 1. The molecule has 1 aromatic carbocycles. The Kier molecular flexibility index (Phi) is 10.1. The Balaban J connectivity index is 0.00000123. The minimum Gasteiger partial charge on any atom is -0.508 e. The lowest BCUT2D eigenvalue weighted by Crippen LogP contribution is -2.34. The third kappa shape index (κ3) is 8.11. The number of nitrogens with zero attached hydrogens (tertiary/aromatic N) is 1. The lowest BCUT2D eigenvalue weighted by molar-refractivity contribution is -0.155. The van der Waals surface area contributed by atoms with E-state index in [1.165, 1.54) is 6.07 Å². The van der Waals surface area contributed by atoms with E-state index in [0.717, 1.165) is 5.56 Å². The molecule has 0 spiro atoms. The molecule has 2 rings (SSSR count). The topological polar surface area (TPSA) is 110 Å². The van der Waals surface area contributed by atoms with Crippen LogP contribution >= 0.6 is 0 Å². The maximum absolute atomic E-state index is 12.4. The number of fused-ring (bicyclic) bond motifs is 1. The fraction of sp³-hybridized carbons (Fsp3) is 0.550. The highest BCUT2D eigenvalue weighted by Crippen LogP contribution is 2.28. The zero-order valence-electron chi connectivity index (χ0n) is 17.1. The zero-order valence-corrected chi connectivity index (χ0v) is 17.1. The number of amides is 2. The number of hydrogen-bond acceptors (Lipinski definition) is 5. The van der Waals surface area contributed by atoms with Gasteiger partial charge in [0.2, 0.25) is 6.41 Å². The summed E-state index contributed by atoms with van der Waals surface area (Å²) in [4.78, 5) is 34.4. The van der Waals surface area contributed by atoms with Gasteiger partial charge in [0.15, 0.2) is 0 Å². The molecule has 1 aliphatic rings. The molecule has 7 heteroatoms. The summed E-state index contributed by atoms with van der Waals surface area (Å²) < 4.78 is 5.28. The number of benzene rings is 1. The molecule has 0 saturated carbocycles. The quantitative estimate of drug-likeness (QED) is 0.616. The van der Waals surface area contributed by atoms with E-state index in [1.54, 1.807) is 17.0 Å². The normalized spacial score (nSPS) is 13.4. The van der Waals surface area contributed by atoms with Crippen LogP contribution in [-0.2, 0) is 20.9 Å². The summed E-state index contributed by atoms with van der Waals surface area (Å²) in [5, 5.41) is 9.50.